The molecule has 0 saturated heterocycles. The fourth-order valence-corrected chi connectivity index (χ4v) is 4.39. The summed E-state index contributed by atoms with van der Waals surface area (Å²) in [6.45, 7) is 2.63. The molecule has 1 aromatic heterocycles. The van der Waals surface area contributed by atoms with E-state index in [1.54, 1.807) is 11.8 Å². The Balaban J connectivity index is 1.46. The van der Waals surface area contributed by atoms with Gasteiger partial charge in [0.05, 0.1) is 17.6 Å². The Hall–Kier alpha value is -2.73. The first-order valence-electron chi connectivity index (χ1n) is 8.94. The molecule has 0 spiro atoms. The molecule has 0 bridgehead atoms. The van der Waals surface area contributed by atoms with Crippen molar-refractivity contribution < 1.29 is 9.53 Å². The molecule has 0 saturated carbocycles. The molecule has 2 N–H and O–H groups in total. The number of aromatic amines is 1. The molecule has 138 valence electrons. The number of nitrogens with one attached hydrogen (secondary N) is 2. The Bertz CT molecular complexity index is 922. The molecule has 27 heavy (non-hydrogen) atoms. The predicted molar refractivity (Wildman–Crippen MR) is 108 cm³/mol. The van der Waals surface area contributed by atoms with Gasteiger partial charge in [0.2, 0.25) is 5.91 Å². The number of fused-ring (bicyclic) bond motifs is 1. The van der Waals surface area contributed by atoms with Gasteiger partial charge in [-0.2, -0.15) is 5.10 Å². The summed E-state index contributed by atoms with van der Waals surface area (Å²) in [6.07, 6.45) is 0.881. The first-order chi connectivity index (χ1) is 13.2. The van der Waals surface area contributed by atoms with Crippen LogP contribution in [0.15, 0.2) is 54.6 Å². The van der Waals surface area contributed by atoms with Gasteiger partial charge in [-0.15, -0.1) is 11.8 Å². The van der Waals surface area contributed by atoms with Crippen LogP contribution in [-0.4, -0.2) is 28.5 Å². The normalized spacial score (nSPS) is 16.3. The Labute approximate surface area is 162 Å². The van der Waals surface area contributed by atoms with Crippen molar-refractivity contribution in [2.24, 2.45) is 0 Å². The van der Waals surface area contributed by atoms with Crippen molar-refractivity contribution in [1.82, 2.24) is 10.2 Å². The van der Waals surface area contributed by atoms with Crippen LogP contribution in [0.1, 0.15) is 27.6 Å². The number of hydrogen-bond acceptors (Lipinski definition) is 4. The third-order valence-electron chi connectivity index (χ3n) is 4.58. The zero-order valence-electron chi connectivity index (χ0n) is 15.1. The molecular formula is C21H21N3O2S. The minimum atomic E-state index is -0.0175. The van der Waals surface area contributed by atoms with E-state index in [-0.39, 0.29) is 11.2 Å². The zero-order chi connectivity index (χ0) is 18.6. The highest BCUT2D eigenvalue weighted by Gasteiger charge is 2.28. The molecule has 4 rings (SSSR count). The Morgan fingerprint density at radius 1 is 1.15 bits per heavy atom. The summed E-state index contributed by atoms with van der Waals surface area (Å²) in [4.78, 5) is 11.9. The minimum absolute atomic E-state index is 0.0175. The van der Waals surface area contributed by atoms with E-state index in [4.69, 9.17) is 4.74 Å². The molecule has 0 fully saturated rings. The lowest BCUT2D eigenvalue weighted by molar-refractivity contribution is -0.113. The van der Waals surface area contributed by atoms with E-state index in [2.05, 4.69) is 39.8 Å². The van der Waals surface area contributed by atoms with Crippen LogP contribution >= 0.6 is 11.8 Å². The molecule has 1 aliphatic rings. The van der Waals surface area contributed by atoms with Crippen LogP contribution in [0.4, 0.5) is 5.82 Å². The number of rotatable bonds is 5. The number of thioether (sulfide) groups is 1. The van der Waals surface area contributed by atoms with Crippen molar-refractivity contribution in [3.8, 4) is 5.75 Å². The third-order valence-corrected chi connectivity index (χ3v) is 5.85. The van der Waals surface area contributed by atoms with E-state index in [1.165, 1.54) is 5.56 Å². The molecule has 2 aromatic carbocycles. The Morgan fingerprint density at radius 2 is 1.93 bits per heavy atom. The molecular weight excluding hydrogens is 358 g/mol. The molecule has 0 aliphatic carbocycles. The van der Waals surface area contributed by atoms with Gasteiger partial charge in [0, 0.05) is 17.7 Å². The number of ether oxygens (including phenoxy) is 1. The summed E-state index contributed by atoms with van der Waals surface area (Å²) in [5, 5.41) is 10.2. The third kappa shape index (κ3) is 4.01. The lowest BCUT2D eigenvalue weighted by Gasteiger charge is -2.16. The maximum absolute atomic E-state index is 11.9. The van der Waals surface area contributed by atoms with Gasteiger partial charge < -0.3 is 10.1 Å². The monoisotopic (exact) mass is 379 g/mol. The second-order valence-electron chi connectivity index (χ2n) is 6.50. The average Bonchev–Trinajstić information content (AvgIpc) is 2.95. The molecule has 6 heteroatoms. The van der Waals surface area contributed by atoms with Crippen molar-refractivity contribution in [2.75, 3.05) is 17.7 Å². The van der Waals surface area contributed by atoms with E-state index in [0.717, 1.165) is 29.0 Å². The highest BCUT2D eigenvalue weighted by atomic mass is 32.2. The van der Waals surface area contributed by atoms with Crippen LogP contribution in [-0.2, 0) is 11.2 Å². The highest BCUT2D eigenvalue weighted by molar-refractivity contribution is 8.00. The van der Waals surface area contributed by atoms with Gasteiger partial charge in [-0.05, 0) is 30.2 Å². The molecule has 1 aliphatic heterocycles. The van der Waals surface area contributed by atoms with Gasteiger partial charge >= 0.3 is 0 Å². The SMILES string of the molecule is Cc1[nH]nc2c1[C@H](c1ccc(OCCc3ccccc3)cc1)SCC(=O)N2. The second kappa shape index (κ2) is 7.88. The van der Waals surface area contributed by atoms with Crippen molar-refractivity contribution >= 4 is 23.5 Å². The summed E-state index contributed by atoms with van der Waals surface area (Å²) >= 11 is 1.61. The summed E-state index contributed by atoms with van der Waals surface area (Å²) in [5.74, 6) is 1.88. The maximum atomic E-state index is 11.9. The van der Waals surface area contributed by atoms with Crippen molar-refractivity contribution in [2.45, 2.75) is 18.6 Å². The number of benzene rings is 2. The topological polar surface area (TPSA) is 67.0 Å². The van der Waals surface area contributed by atoms with Gasteiger partial charge in [0.25, 0.3) is 0 Å². The van der Waals surface area contributed by atoms with Crippen LogP contribution in [0, 0.1) is 6.92 Å². The summed E-state index contributed by atoms with van der Waals surface area (Å²) in [5.41, 5.74) is 4.43. The number of nitrogens with zero attached hydrogens (tertiary/aromatic N) is 1. The van der Waals surface area contributed by atoms with Crippen LogP contribution in [0.25, 0.3) is 0 Å². The summed E-state index contributed by atoms with van der Waals surface area (Å²) in [7, 11) is 0. The fourth-order valence-electron chi connectivity index (χ4n) is 3.20. The second-order valence-corrected chi connectivity index (χ2v) is 7.60. The standard InChI is InChI=1S/C21H21N3O2S/c1-14-19-20(27-13-18(25)22-21(19)24-23-14)16-7-9-17(10-8-16)26-12-11-15-5-3-2-4-6-15/h2-10,20H,11-13H2,1H3,(H2,22,23,24,25)/t20-/m0/s1. The van der Waals surface area contributed by atoms with Gasteiger partial charge in [-0.1, -0.05) is 42.5 Å². The van der Waals surface area contributed by atoms with Gasteiger partial charge in [0.15, 0.2) is 5.82 Å². The van der Waals surface area contributed by atoms with E-state index in [0.29, 0.717) is 18.2 Å². The molecule has 1 atom stereocenters. The Kier molecular flexibility index (Phi) is 5.16. The molecule has 3 aromatic rings. The summed E-state index contributed by atoms with van der Waals surface area (Å²) < 4.78 is 5.88. The quantitative estimate of drug-likeness (QED) is 0.700. The average molecular weight is 379 g/mol. The van der Waals surface area contributed by atoms with Gasteiger partial charge in [-0.3, -0.25) is 9.89 Å². The predicted octanol–water partition coefficient (Wildman–Crippen LogP) is 4.11. The molecule has 2 heterocycles. The number of H-pyrrole nitrogens is 1. The zero-order valence-corrected chi connectivity index (χ0v) is 15.9. The largest absolute Gasteiger partial charge is 0.493 e. The van der Waals surface area contributed by atoms with Crippen LogP contribution in [0.3, 0.4) is 0 Å². The first kappa shape index (κ1) is 17.7. The fraction of sp³-hybridized carbons (Fsp3) is 0.238. The van der Waals surface area contributed by atoms with Crippen molar-refractivity contribution in [3.63, 3.8) is 0 Å². The number of anilines is 1. The molecule has 5 nitrogen and oxygen atoms in total. The number of carbonyl (C=O) groups is 1. The molecule has 0 radical (unpaired) electrons. The maximum Gasteiger partial charge on any atom is 0.235 e. The van der Waals surface area contributed by atoms with Crippen molar-refractivity contribution in [3.05, 3.63) is 77.0 Å². The number of aryl methyl sites for hydroxylation is 1. The smallest absolute Gasteiger partial charge is 0.235 e. The van der Waals surface area contributed by atoms with Crippen LogP contribution < -0.4 is 10.1 Å². The van der Waals surface area contributed by atoms with E-state index in [1.807, 2.05) is 37.3 Å². The number of amides is 1. The van der Waals surface area contributed by atoms with Crippen LogP contribution in [0.5, 0.6) is 5.75 Å². The lowest BCUT2D eigenvalue weighted by atomic mass is 10.0. The van der Waals surface area contributed by atoms with Gasteiger partial charge in [0.1, 0.15) is 5.75 Å². The van der Waals surface area contributed by atoms with E-state index < -0.39 is 0 Å². The van der Waals surface area contributed by atoms with Crippen molar-refractivity contribution in [1.29, 1.82) is 0 Å². The van der Waals surface area contributed by atoms with Crippen LogP contribution in [0.2, 0.25) is 0 Å². The lowest BCUT2D eigenvalue weighted by Crippen LogP contribution is -2.12. The first-order valence-corrected chi connectivity index (χ1v) is 9.98. The Morgan fingerprint density at radius 3 is 2.70 bits per heavy atom. The van der Waals surface area contributed by atoms with Gasteiger partial charge in [-0.25, -0.2) is 0 Å². The minimum Gasteiger partial charge on any atom is -0.493 e. The highest BCUT2D eigenvalue weighted by Crippen LogP contribution is 2.42. The summed E-state index contributed by atoms with van der Waals surface area (Å²) in [6, 6.07) is 18.5. The number of carbonyl (C=O) groups excluding carboxylic acids is 1. The van der Waals surface area contributed by atoms with E-state index in [9.17, 15) is 4.79 Å². The molecule has 0 unspecified atom stereocenters. The number of aromatic nitrogens is 2. The number of hydrogen-bond donors (Lipinski definition) is 2. The van der Waals surface area contributed by atoms with E-state index >= 15 is 0 Å². The molecule has 1 amide bonds.